The molecule has 0 saturated carbocycles. The summed E-state index contributed by atoms with van der Waals surface area (Å²) in [5.41, 5.74) is 3.82. The second-order valence-electron chi connectivity index (χ2n) is 5.11. The quantitative estimate of drug-likeness (QED) is 0.621. The van der Waals surface area contributed by atoms with E-state index < -0.39 is 0 Å². The third-order valence-electron chi connectivity index (χ3n) is 3.84. The van der Waals surface area contributed by atoms with Gasteiger partial charge >= 0.3 is 0 Å². The molecule has 1 aliphatic carbocycles. The van der Waals surface area contributed by atoms with Crippen LogP contribution in [0, 0.1) is 0 Å². The third-order valence-corrected chi connectivity index (χ3v) is 4.48. The Morgan fingerprint density at radius 3 is 2.81 bits per heavy atom. The van der Waals surface area contributed by atoms with Crippen molar-refractivity contribution in [1.29, 1.82) is 0 Å². The monoisotopic (exact) mass is 315 g/mol. The minimum absolute atomic E-state index is 0.562. The summed E-state index contributed by atoms with van der Waals surface area (Å²) in [5, 5.41) is 2.14. The lowest BCUT2D eigenvalue weighted by Crippen LogP contribution is -1.98. The fraction of sp³-hybridized carbons (Fsp3) is 0.188. The van der Waals surface area contributed by atoms with Gasteiger partial charge in [0.2, 0.25) is 0 Å². The molecule has 1 aliphatic rings. The van der Waals surface area contributed by atoms with Crippen LogP contribution in [0.2, 0.25) is 10.2 Å². The molecule has 0 N–H and O–H groups in total. The molecule has 5 heteroatoms. The summed E-state index contributed by atoms with van der Waals surface area (Å²) >= 11 is 12.5. The molecule has 0 fully saturated rings. The average molecular weight is 316 g/mol. The molecular weight excluding hydrogens is 305 g/mol. The van der Waals surface area contributed by atoms with Crippen LogP contribution in [-0.2, 0) is 12.8 Å². The second-order valence-corrected chi connectivity index (χ2v) is 5.88. The van der Waals surface area contributed by atoms with Crippen molar-refractivity contribution in [3.63, 3.8) is 0 Å². The van der Waals surface area contributed by atoms with E-state index >= 15 is 0 Å². The summed E-state index contributed by atoms with van der Waals surface area (Å²) in [6.07, 6.45) is 4.77. The second kappa shape index (κ2) is 4.93. The number of benzene rings is 1. The molecule has 0 bridgehead atoms. The van der Waals surface area contributed by atoms with Crippen molar-refractivity contribution in [1.82, 2.24) is 15.0 Å². The summed E-state index contributed by atoms with van der Waals surface area (Å²) in [6.45, 7) is 0. The Balaban J connectivity index is 1.99. The summed E-state index contributed by atoms with van der Waals surface area (Å²) in [7, 11) is 0. The highest BCUT2D eigenvalue weighted by atomic mass is 35.5. The molecule has 0 saturated heterocycles. The van der Waals surface area contributed by atoms with E-state index in [1.807, 2.05) is 24.3 Å². The summed E-state index contributed by atoms with van der Waals surface area (Å²) in [6, 6.07) is 7.58. The number of aryl methyl sites for hydroxylation is 1. The molecule has 0 unspecified atom stereocenters. The van der Waals surface area contributed by atoms with E-state index in [-0.39, 0.29) is 0 Å². The van der Waals surface area contributed by atoms with Gasteiger partial charge in [-0.2, -0.15) is 0 Å². The van der Waals surface area contributed by atoms with E-state index in [1.165, 1.54) is 0 Å². The number of pyridine rings is 1. The summed E-state index contributed by atoms with van der Waals surface area (Å²) < 4.78 is 0. The van der Waals surface area contributed by atoms with Crippen LogP contribution < -0.4 is 0 Å². The van der Waals surface area contributed by atoms with Crippen LogP contribution in [-0.4, -0.2) is 15.0 Å². The van der Waals surface area contributed by atoms with Gasteiger partial charge in [-0.25, -0.2) is 9.97 Å². The van der Waals surface area contributed by atoms with E-state index in [1.54, 1.807) is 6.20 Å². The van der Waals surface area contributed by atoms with Gasteiger partial charge in [0.15, 0.2) is 5.82 Å². The molecule has 0 spiro atoms. The Labute approximate surface area is 132 Å². The smallest absolute Gasteiger partial charge is 0.163 e. The van der Waals surface area contributed by atoms with Crippen molar-refractivity contribution < 1.29 is 0 Å². The molecule has 0 atom stereocenters. The van der Waals surface area contributed by atoms with Gasteiger partial charge in [-0.05, 0) is 43.5 Å². The van der Waals surface area contributed by atoms with Crippen LogP contribution in [0.15, 0.2) is 30.5 Å². The number of halogens is 2. The SMILES string of the molecule is Clc1nc(-c2ccc(Cl)c3cccnc23)nc2c1CCC2. The predicted octanol–water partition coefficient (Wildman–Crippen LogP) is 4.49. The third kappa shape index (κ3) is 2.08. The van der Waals surface area contributed by atoms with Crippen molar-refractivity contribution in [3.8, 4) is 11.4 Å². The highest BCUT2D eigenvalue weighted by molar-refractivity contribution is 6.35. The Hall–Kier alpha value is -1.71. The zero-order chi connectivity index (χ0) is 14.4. The summed E-state index contributed by atoms with van der Waals surface area (Å²) in [5.74, 6) is 0.626. The van der Waals surface area contributed by atoms with Crippen LogP contribution in [0.5, 0.6) is 0 Å². The van der Waals surface area contributed by atoms with E-state index in [4.69, 9.17) is 23.2 Å². The molecule has 3 aromatic rings. The van der Waals surface area contributed by atoms with Crippen molar-refractivity contribution in [2.45, 2.75) is 19.3 Å². The van der Waals surface area contributed by atoms with Crippen LogP contribution in [0.3, 0.4) is 0 Å². The highest BCUT2D eigenvalue weighted by Crippen LogP contribution is 2.33. The summed E-state index contributed by atoms with van der Waals surface area (Å²) in [4.78, 5) is 13.6. The lowest BCUT2D eigenvalue weighted by molar-refractivity contribution is 0.900. The predicted molar refractivity (Wildman–Crippen MR) is 84.8 cm³/mol. The zero-order valence-electron chi connectivity index (χ0n) is 11.1. The minimum Gasteiger partial charge on any atom is -0.255 e. The van der Waals surface area contributed by atoms with Gasteiger partial charge in [-0.1, -0.05) is 23.2 Å². The largest absolute Gasteiger partial charge is 0.255 e. The highest BCUT2D eigenvalue weighted by Gasteiger charge is 2.20. The number of hydrogen-bond acceptors (Lipinski definition) is 3. The van der Waals surface area contributed by atoms with Crippen LogP contribution in [0.25, 0.3) is 22.3 Å². The van der Waals surface area contributed by atoms with Crippen molar-refractivity contribution >= 4 is 34.1 Å². The van der Waals surface area contributed by atoms with E-state index in [9.17, 15) is 0 Å². The molecule has 3 nitrogen and oxygen atoms in total. The maximum Gasteiger partial charge on any atom is 0.163 e. The fourth-order valence-electron chi connectivity index (χ4n) is 2.83. The van der Waals surface area contributed by atoms with Crippen molar-refractivity contribution in [2.24, 2.45) is 0 Å². The number of aromatic nitrogens is 3. The van der Waals surface area contributed by atoms with Gasteiger partial charge in [0.25, 0.3) is 0 Å². The molecule has 4 rings (SSSR count). The van der Waals surface area contributed by atoms with Gasteiger partial charge in [0.1, 0.15) is 5.15 Å². The first-order valence-electron chi connectivity index (χ1n) is 6.83. The van der Waals surface area contributed by atoms with E-state index in [2.05, 4.69) is 15.0 Å². The molecule has 21 heavy (non-hydrogen) atoms. The van der Waals surface area contributed by atoms with Crippen LogP contribution in [0.1, 0.15) is 17.7 Å². The van der Waals surface area contributed by atoms with Gasteiger partial charge in [-0.3, -0.25) is 4.98 Å². The number of rotatable bonds is 1. The minimum atomic E-state index is 0.562. The molecular formula is C16H11Cl2N3. The number of hydrogen-bond donors (Lipinski definition) is 0. The first kappa shape index (κ1) is 13.0. The van der Waals surface area contributed by atoms with Crippen molar-refractivity contribution in [2.75, 3.05) is 0 Å². The maximum absolute atomic E-state index is 6.31. The Morgan fingerprint density at radius 2 is 1.90 bits per heavy atom. The standard InChI is InChI=1S/C16H11Cl2N3/c17-12-7-6-11(14-9(12)4-2-8-19-14)16-20-13-5-1-3-10(13)15(18)21-16/h2,4,6-8H,1,3,5H2. The molecule has 0 amide bonds. The van der Waals surface area contributed by atoms with Gasteiger partial charge in [-0.15, -0.1) is 0 Å². The lowest BCUT2D eigenvalue weighted by Gasteiger charge is -2.08. The van der Waals surface area contributed by atoms with Crippen molar-refractivity contribution in [3.05, 3.63) is 51.9 Å². The molecule has 104 valence electrons. The number of nitrogens with zero attached hydrogens (tertiary/aromatic N) is 3. The van der Waals surface area contributed by atoms with Crippen LogP contribution >= 0.6 is 23.2 Å². The molecule has 2 aromatic heterocycles. The fourth-order valence-corrected chi connectivity index (χ4v) is 3.32. The molecule has 0 aliphatic heterocycles. The lowest BCUT2D eigenvalue weighted by atomic mass is 10.1. The molecule has 1 aromatic carbocycles. The maximum atomic E-state index is 6.31. The topological polar surface area (TPSA) is 38.7 Å². The van der Waals surface area contributed by atoms with E-state index in [0.29, 0.717) is 16.0 Å². The normalized spacial score (nSPS) is 13.6. The van der Waals surface area contributed by atoms with Crippen LogP contribution in [0.4, 0.5) is 0 Å². The van der Waals surface area contributed by atoms with Gasteiger partial charge < -0.3 is 0 Å². The Bertz CT molecular complexity index is 862. The Kier molecular flexibility index (Phi) is 3.05. The zero-order valence-corrected chi connectivity index (χ0v) is 12.6. The first-order chi connectivity index (χ1) is 10.2. The molecule has 2 heterocycles. The van der Waals surface area contributed by atoms with Gasteiger partial charge in [0.05, 0.1) is 10.5 Å². The van der Waals surface area contributed by atoms with E-state index in [0.717, 1.165) is 47.0 Å². The number of fused-ring (bicyclic) bond motifs is 2. The first-order valence-corrected chi connectivity index (χ1v) is 7.58. The molecule has 0 radical (unpaired) electrons. The van der Waals surface area contributed by atoms with Gasteiger partial charge in [0, 0.05) is 28.4 Å². The average Bonchev–Trinajstić information content (AvgIpc) is 2.97. The Morgan fingerprint density at radius 1 is 1.00 bits per heavy atom.